The van der Waals surface area contributed by atoms with Gasteiger partial charge in [-0.2, -0.15) is 0 Å². The summed E-state index contributed by atoms with van der Waals surface area (Å²) in [5.41, 5.74) is -1.95. The van der Waals surface area contributed by atoms with Crippen molar-refractivity contribution < 1.29 is 18.1 Å². The van der Waals surface area contributed by atoms with Crippen molar-refractivity contribution in [3.8, 4) is 0 Å². The summed E-state index contributed by atoms with van der Waals surface area (Å²) < 4.78 is 40.7. The molecule has 1 fully saturated rings. The largest absolute Gasteiger partial charge is 0.525 e. The Bertz CT molecular complexity index is 635. The Morgan fingerprint density at radius 1 is 1.26 bits per heavy atom. The maximum absolute atomic E-state index is 14.6. The molecule has 1 aromatic heterocycles. The Labute approximate surface area is 144 Å². The van der Waals surface area contributed by atoms with Crippen molar-refractivity contribution in [3.63, 3.8) is 0 Å². The first kappa shape index (κ1) is 18.4. The number of hydrogen-bond donors (Lipinski definition) is 0. The first-order chi connectivity index (χ1) is 10.5. The summed E-state index contributed by atoms with van der Waals surface area (Å²) in [5, 5.41) is 0. The third-order valence-corrected chi connectivity index (χ3v) is 4.81. The number of anilines is 1. The third kappa shape index (κ3) is 3.44. The van der Waals surface area contributed by atoms with Crippen molar-refractivity contribution in [2.24, 2.45) is 0 Å². The Kier molecular flexibility index (Phi) is 4.90. The second kappa shape index (κ2) is 6.14. The lowest BCUT2D eigenvalue weighted by Gasteiger charge is -2.32. The van der Waals surface area contributed by atoms with Crippen LogP contribution in [-0.2, 0) is 9.31 Å². The molecule has 0 radical (unpaired) electrons. The molecule has 23 heavy (non-hydrogen) atoms. The molecule has 8 heteroatoms. The van der Waals surface area contributed by atoms with Crippen molar-refractivity contribution in [1.29, 1.82) is 0 Å². The smallest absolute Gasteiger partial charge is 0.398 e. The molecular formula is C15H20BBrF2N2O2. The highest BCUT2D eigenvalue weighted by Gasteiger charge is 2.53. The molecule has 1 aromatic rings. The number of aromatic nitrogens is 1. The summed E-state index contributed by atoms with van der Waals surface area (Å²) in [4.78, 5) is 5.50. The van der Waals surface area contributed by atoms with E-state index in [1.165, 1.54) is 11.1 Å². The van der Waals surface area contributed by atoms with Gasteiger partial charge >= 0.3 is 7.12 Å². The van der Waals surface area contributed by atoms with Gasteiger partial charge in [0.25, 0.3) is 0 Å². The van der Waals surface area contributed by atoms with E-state index < -0.39 is 29.9 Å². The maximum Gasteiger partial charge on any atom is 0.525 e. The molecule has 0 aliphatic carbocycles. The molecule has 0 N–H and O–H groups in total. The van der Waals surface area contributed by atoms with Gasteiger partial charge in [-0.25, -0.2) is 13.8 Å². The monoisotopic (exact) mass is 388 g/mol. The normalized spacial score (nSPS) is 20.0. The number of rotatable bonds is 3. The molecule has 2 rings (SSSR count). The number of pyridine rings is 1. The first-order valence-corrected chi connectivity index (χ1v) is 7.99. The van der Waals surface area contributed by atoms with E-state index in [-0.39, 0.29) is 11.4 Å². The minimum atomic E-state index is -1.16. The first-order valence-electron chi connectivity index (χ1n) is 7.20. The minimum absolute atomic E-state index is 0.0657. The molecule has 1 aliphatic heterocycles. The standard InChI is InChI=1S/C15H20BBrF2N2O2/c1-14(2)15(3,4)23-16(22-14)11(18)7-9-10(17)8-20-13(12(9)19)21(5)6/h7-8H,1-6H3. The van der Waals surface area contributed by atoms with E-state index in [4.69, 9.17) is 9.31 Å². The van der Waals surface area contributed by atoms with Gasteiger partial charge in [-0.3, -0.25) is 0 Å². The topological polar surface area (TPSA) is 34.6 Å². The second-order valence-corrected chi connectivity index (χ2v) is 7.52. The lowest BCUT2D eigenvalue weighted by atomic mass is 9.87. The lowest BCUT2D eigenvalue weighted by molar-refractivity contribution is 0.00578. The Hall–Kier alpha value is -0.985. The van der Waals surface area contributed by atoms with Crippen molar-refractivity contribution >= 4 is 34.9 Å². The molecule has 1 saturated heterocycles. The molecule has 0 saturated carbocycles. The summed E-state index contributed by atoms with van der Waals surface area (Å²) in [6, 6.07) is 0. The average molecular weight is 389 g/mol. The highest BCUT2D eigenvalue weighted by atomic mass is 79.9. The molecule has 1 aliphatic rings. The zero-order valence-electron chi connectivity index (χ0n) is 14.1. The van der Waals surface area contributed by atoms with Crippen LogP contribution in [0, 0.1) is 5.82 Å². The number of halogens is 3. The van der Waals surface area contributed by atoms with Gasteiger partial charge in [0.2, 0.25) is 0 Å². The minimum Gasteiger partial charge on any atom is -0.398 e. The van der Waals surface area contributed by atoms with Gasteiger partial charge in [0.15, 0.2) is 11.6 Å². The van der Waals surface area contributed by atoms with E-state index in [0.29, 0.717) is 4.47 Å². The van der Waals surface area contributed by atoms with Crippen LogP contribution in [-0.4, -0.2) is 37.4 Å². The van der Waals surface area contributed by atoms with Crippen molar-refractivity contribution in [2.45, 2.75) is 38.9 Å². The quantitative estimate of drug-likeness (QED) is 0.733. The summed E-state index contributed by atoms with van der Waals surface area (Å²) in [7, 11) is 2.16. The van der Waals surface area contributed by atoms with E-state index in [1.807, 2.05) is 27.7 Å². The molecule has 0 bridgehead atoms. The van der Waals surface area contributed by atoms with E-state index in [9.17, 15) is 8.78 Å². The van der Waals surface area contributed by atoms with Gasteiger partial charge in [-0.15, -0.1) is 0 Å². The predicted octanol–water partition coefficient (Wildman–Crippen LogP) is 3.99. The highest BCUT2D eigenvalue weighted by Crippen LogP contribution is 2.39. The molecular weight excluding hydrogens is 369 g/mol. The van der Waals surface area contributed by atoms with Gasteiger partial charge in [0.05, 0.1) is 11.2 Å². The molecule has 4 nitrogen and oxygen atoms in total. The molecule has 0 amide bonds. The van der Waals surface area contributed by atoms with E-state index in [1.54, 1.807) is 14.1 Å². The fourth-order valence-electron chi connectivity index (χ4n) is 2.07. The lowest BCUT2D eigenvalue weighted by Crippen LogP contribution is -2.41. The molecule has 0 spiro atoms. The molecule has 0 aromatic carbocycles. The van der Waals surface area contributed by atoms with Gasteiger partial charge in [0, 0.05) is 30.3 Å². The van der Waals surface area contributed by atoms with Crippen molar-refractivity contribution in [1.82, 2.24) is 4.98 Å². The molecule has 126 valence electrons. The predicted molar refractivity (Wildman–Crippen MR) is 91.4 cm³/mol. The average Bonchev–Trinajstić information content (AvgIpc) is 2.62. The van der Waals surface area contributed by atoms with E-state index in [0.717, 1.165) is 6.08 Å². The van der Waals surface area contributed by atoms with Gasteiger partial charge in [-0.1, -0.05) is 0 Å². The number of hydrogen-bond acceptors (Lipinski definition) is 4. The van der Waals surface area contributed by atoms with Crippen LogP contribution in [0.4, 0.5) is 14.6 Å². The Balaban J connectivity index is 2.38. The van der Waals surface area contributed by atoms with Crippen LogP contribution >= 0.6 is 15.9 Å². The zero-order chi connectivity index (χ0) is 17.6. The summed E-state index contributed by atoms with van der Waals surface area (Å²) >= 11 is 3.20. The van der Waals surface area contributed by atoms with Crippen molar-refractivity contribution in [3.05, 3.63) is 27.8 Å². The fourth-order valence-corrected chi connectivity index (χ4v) is 2.47. The van der Waals surface area contributed by atoms with Gasteiger partial charge in [0.1, 0.15) is 5.73 Å². The number of nitrogens with zero attached hydrogens (tertiary/aromatic N) is 2. The fraction of sp³-hybridized carbons (Fsp3) is 0.533. The molecule has 0 atom stereocenters. The summed E-state index contributed by atoms with van der Waals surface area (Å²) in [6.07, 6.45) is 2.51. The van der Waals surface area contributed by atoms with E-state index in [2.05, 4.69) is 20.9 Å². The Morgan fingerprint density at radius 2 is 1.78 bits per heavy atom. The van der Waals surface area contributed by atoms with Gasteiger partial charge < -0.3 is 14.2 Å². The molecule has 0 unspecified atom stereocenters. The highest BCUT2D eigenvalue weighted by molar-refractivity contribution is 9.10. The summed E-state index contributed by atoms with van der Waals surface area (Å²) in [6.45, 7) is 7.31. The maximum atomic E-state index is 14.6. The van der Waals surface area contributed by atoms with Crippen LogP contribution < -0.4 is 4.90 Å². The van der Waals surface area contributed by atoms with Crippen LogP contribution in [0.25, 0.3) is 6.08 Å². The van der Waals surface area contributed by atoms with Gasteiger partial charge in [-0.05, 0) is 49.7 Å². The SMILES string of the molecule is CN(C)c1ncc(Br)c(C=C(F)B2OC(C)(C)C(C)(C)O2)c1F. The van der Waals surface area contributed by atoms with Crippen molar-refractivity contribution in [2.75, 3.05) is 19.0 Å². The van der Waals surface area contributed by atoms with Crippen LogP contribution in [0.3, 0.4) is 0 Å². The zero-order valence-corrected chi connectivity index (χ0v) is 15.7. The van der Waals surface area contributed by atoms with E-state index >= 15 is 0 Å². The second-order valence-electron chi connectivity index (χ2n) is 6.67. The Morgan fingerprint density at radius 3 is 2.26 bits per heavy atom. The third-order valence-electron chi connectivity index (χ3n) is 4.17. The molecule has 2 heterocycles. The van der Waals surface area contributed by atoms with Crippen LogP contribution in [0.2, 0.25) is 0 Å². The van der Waals surface area contributed by atoms with Crippen LogP contribution in [0.1, 0.15) is 33.3 Å². The van der Waals surface area contributed by atoms with Crippen LogP contribution in [0.15, 0.2) is 16.4 Å². The summed E-state index contributed by atoms with van der Waals surface area (Å²) in [5.74, 6) is -0.489. The van der Waals surface area contributed by atoms with Crippen LogP contribution in [0.5, 0.6) is 0 Å².